The number of rotatable bonds is 4. The smallest absolute Gasteiger partial charge is 0.211 e. The molecule has 0 atom stereocenters. The lowest BCUT2D eigenvalue weighted by molar-refractivity contribution is 0.387. The number of piperazine rings is 1. The molecule has 1 aromatic carbocycles. The highest BCUT2D eigenvalue weighted by Crippen LogP contribution is 2.38. The Morgan fingerprint density at radius 3 is 2.21 bits per heavy atom. The van der Waals surface area contributed by atoms with Gasteiger partial charge >= 0.3 is 0 Å². The Morgan fingerprint density at radius 1 is 0.964 bits per heavy atom. The normalized spacial score (nSPS) is 15.7. The topological polar surface area (TPSA) is 82.2 Å². The predicted octanol–water partition coefficient (Wildman–Crippen LogP) is 2.87. The van der Waals surface area contributed by atoms with Crippen LogP contribution in [0.2, 0.25) is 5.02 Å². The number of sulfonamides is 1. The zero-order valence-corrected chi connectivity index (χ0v) is 16.9. The van der Waals surface area contributed by atoms with E-state index < -0.39 is 10.0 Å². The molecule has 3 heterocycles. The van der Waals surface area contributed by atoms with Crippen molar-refractivity contribution in [2.24, 2.45) is 0 Å². The molecule has 0 saturated carbocycles. The zero-order chi connectivity index (χ0) is 19.7. The molecule has 1 fully saturated rings. The minimum atomic E-state index is -3.18. The summed E-state index contributed by atoms with van der Waals surface area (Å²) in [5.41, 5.74) is 3.83. The molecule has 0 unspecified atom stereocenters. The second-order valence-electron chi connectivity index (χ2n) is 6.69. The van der Waals surface area contributed by atoms with E-state index >= 15 is 0 Å². The van der Waals surface area contributed by atoms with E-state index in [9.17, 15) is 8.42 Å². The van der Waals surface area contributed by atoms with Crippen molar-refractivity contribution in [3.8, 4) is 22.4 Å². The van der Waals surface area contributed by atoms with Gasteiger partial charge in [0.1, 0.15) is 0 Å². The van der Waals surface area contributed by atoms with E-state index in [1.807, 2.05) is 36.4 Å². The first-order valence-corrected chi connectivity index (χ1v) is 11.1. The van der Waals surface area contributed by atoms with E-state index in [4.69, 9.17) is 11.6 Å². The van der Waals surface area contributed by atoms with Gasteiger partial charge in [-0.3, -0.25) is 10.1 Å². The number of halogens is 1. The quantitative estimate of drug-likeness (QED) is 0.705. The minimum absolute atomic E-state index is 0.442. The summed E-state index contributed by atoms with van der Waals surface area (Å²) in [6.07, 6.45) is 4.75. The Kier molecular flexibility index (Phi) is 5.09. The second kappa shape index (κ2) is 7.54. The highest BCUT2D eigenvalue weighted by Gasteiger charge is 2.27. The van der Waals surface area contributed by atoms with Gasteiger partial charge in [-0.2, -0.15) is 9.40 Å². The van der Waals surface area contributed by atoms with Crippen molar-refractivity contribution in [2.45, 2.75) is 0 Å². The van der Waals surface area contributed by atoms with Crippen LogP contribution in [-0.4, -0.2) is 60.3 Å². The monoisotopic (exact) mass is 417 g/mol. The molecule has 4 rings (SSSR count). The zero-order valence-electron chi connectivity index (χ0n) is 15.3. The molecule has 1 aliphatic rings. The molecule has 3 aromatic rings. The summed E-state index contributed by atoms with van der Waals surface area (Å²) >= 11 is 6.04. The van der Waals surface area contributed by atoms with Gasteiger partial charge in [-0.05, 0) is 29.8 Å². The molecule has 1 aliphatic heterocycles. The molecule has 0 radical (unpaired) electrons. The van der Waals surface area contributed by atoms with Gasteiger partial charge in [0.15, 0.2) is 5.82 Å². The van der Waals surface area contributed by atoms with Crippen molar-refractivity contribution in [3.05, 3.63) is 53.8 Å². The summed E-state index contributed by atoms with van der Waals surface area (Å²) < 4.78 is 25.1. The SMILES string of the molecule is CS(=O)(=O)N1CCN(c2n[nH]c(-c3ccc(Cl)cc3)c2-c2ccncc2)CC1. The van der Waals surface area contributed by atoms with Crippen LogP contribution in [0.4, 0.5) is 5.82 Å². The number of hydrogen-bond donors (Lipinski definition) is 1. The van der Waals surface area contributed by atoms with Gasteiger partial charge in [0.05, 0.1) is 17.5 Å². The standard InChI is InChI=1S/C19H20ClN5O2S/c1-28(26,27)25-12-10-24(11-13-25)19-17(14-6-8-21-9-7-14)18(22-23-19)15-2-4-16(20)5-3-15/h2-9H,10-13H2,1H3,(H,22,23). The third kappa shape index (κ3) is 3.76. The van der Waals surface area contributed by atoms with Crippen molar-refractivity contribution >= 4 is 27.4 Å². The number of aromatic amines is 1. The third-order valence-electron chi connectivity index (χ3n) is 4.86. The Morgan fingerprint density at radius 2 is 1.61 bits per heavy atom. The molecule has 7 nitrogen and oxygen atoms in total. The number of nitrogens with one attached hydrogen (secondary N) is 1. The van der Waals surface area contributed by atoms with Gasteiger partial charge in [-0.1, -0.05) is 23.7 Å². The number of anilines is 1. The van der Waals surface area contributed by atoms with Gasteiger partial charge in [-0.15, -0.1) is 0 Å². The van der Waals surface area contributed by atoms with Gasteiger partial charge in [0.2, 0.25) is 10.0 Å². The van der Waals surface area contributed by atoms with E-state index in [1.165, 1.54) is 10.6 Å². The summed E-state index contributed by atoms with van der Waals surface area (Å²) in [5, 5.41) is 8.41. The number of nitrogens with zero attached hydrogens (tertiary/aromatic N) is 4. The van der Waals surface area contributed by atoms with E-state index in [2.05, 4.69) is 20.1 Å². The first kappa shape index (κ1) is 18.9. The minimum Gasteiger partial charge on any atom is -0.352 e. The van der Waals surface area contributed by atoms with Crippen LogP contribution in [0.3, 0.4) is 0 Å². The van der Waals surface area contributed by atoms with E-state index in [1.54, 1.807) is 12.4 Å². The number of hydrogen-bond acceptors (Lipinski definition) is 5. The lowest BCUT2D eigenvalue weighted by Crippen LogP contribution is -2.48. The first-order valence-electron chi connectivity index (χ1n) is 8.88. The van der Waals surface area contributed by atoms with E-state index in [-0.39, 0.29) is 0 Å². The molecular weight excluding hydrogens is 398 g/mol. The van der Waals surface area contributed by atoms with Crippen molar-refractivity contribution in [3.63, 3.8) is 0 Å². The Hall–Kier alpha value is -2.42. The van der Waals surface area contributed by atoms with Gasteiger partial charge < -0.3 is 4.90 Å². The maximum atomic E-state index is 11.8. The molecule has 1 saturated heterocycles. The molecule has 0 bridgehead atoms. The van der Waals surface area contributed by atoms with Crippen LogP contribution in [0.25, 0.3) is 22.4 Å². The van der Waals surface area contributed by atoms with Crippen LogP contribution in [0.15, 0.2) is 48.8 Å². The summed E-state index contributed by atoms with van der Waals surface area (Å²) in [6.45, 7) is 2.04. The Balaban J connectivity index is 1.73. The Bertz CT molecular complexity index is 1060. The fraction of sp³-hybridized carbons (Fsp3) is 0.263. The van der Waals surface area contributed by atoms with Crippen LogP contribution >= 0.6 is 11.6 Å². The molecule has 0 amide bonds. The average molecular weight is 418 g/mol. The van der Waals surface area contributed by atoms with Crippen LogP contribution in [0, 0.1) is 0 Å². The Labute approximate surface area is 169 Å². The number of pyridine rings is 1. The second-order valence-corrected chi connectivity index (χ2v) is 9.11. The van der Waals surface area contributed by atoms with Crippen LogP contribution in [0.1, 0.15) is 0 Å². The third-order valence-corrected chi connectivity index (χ3v) is 6.41. The van der Waals surface area contributed by atoms with Crippen LogP contribution < -0.4 is 4.90 Å². The van der Waals surface area contributed by atoms with Crippen molar-refractivity contribution < 1.29 is 8.42 Å². The van der Waals surface area contributed by atoms with Crippen molar-refractivity contribution in [2.75, 3.05) is 37.3 Å². The fourth-order valence-corrected chi connectivity index (χ4v) is 4.36. The fourth-order valence-electron chi connectivity index (χ4n) is 3.41. The number of benzene rings is 1. The number of aromatic nitrogens is 3. The van der Waals surface area contributed by atoms with Gasteiger partial charge in [0.25, 0.3) is 0 Å². The van der Waals surface area contributed by atoms with Crippen LogP contribution in [0.5, 0.6) is 0 Å². The summed E-state index contributed by atoms with van der Waals surface area (Å²) in [4.78, 5) is 6.23. The predicted molar refractivity (Wildman–Crippen MR) is 111 cm³/mol. The molecule has 28 heavy (non-hydrogen) atoms. The highest BCUT2D eigenvalue weighted by molar-refractivity contribution is 7.88. The molecule has 0 spiro atoms. The summed E-state index contributed by atoms with van der Waals surface area (Å²) in [7, 11) is -3.18. The van der Waals surface area contributed by atoms with Crippen LogP contribution in [-0.2, 0) is 10.0 Å². The maximum Gasteiger partial charge on any atom is 0.211 e. The first-order chi connectivity index (χ1) is 13.4. The van der Waals surface area contributed by atoms with Crippen molar-refractivity contribution in [1.29, 1.82) is 0 Å². The lowest BCUT2D eigenvalue weighted by Gasteiger charge is -2.33. The lowest BCUT2D eigenvalue weighted by atomic mass is 10.0. The largest absolute Gasteiger partial charge is 0.352 e. The molecular formula is C19H20ClN5O2S. The highest BCUT2D eigenvalue weighted by atomic mass is 35.5. The van der Waals surface area contributed by atoms with Gasteiger partial charge in [-0.25, -0.2) is 8.42 Å². The molecule has 1 N–H and O–H groups in total. The van der Waals surface area contributed by atoms with Gasteiger partial charge in [0, 0.05) is 49.2 Å². The molecule has 0 aliphatic carbocycles. The molecule has 9 heteroatoms. The van der Waals surface area contributed by atoms with Crippen molar-refractivity contribution in [1.82, 2.24) is 19.5 Å². The summed E-state index contributed by atoms with van der Waals surface area (Å²) in [6, 6.07) is 11.5. The summed E-state index contributed by atoms with van der Waals surface area (Å²) in [5.74, 6) is 0.810. The molecule has 146 valence electrons. The van der Waals surface area contributed by atoms with E-state index in [0.717, 1.165) is 28.2 Å². The molecule has 2 aromatic heterocycles. The number of H-pyrrole nitrogens is 1. The average Bonchev–Trinajstić information content (AvgIpc) is 3.14. The maximum absolute atomic E-state index is 11.8. The van der Waals surface area contributed by atoms with E-state index in [0.29, 0.717) is 31.2 Å².